The van der Waals surface area contributed by atoms with E-state index in [1.54, 1.807) is 6.20 Å². The van der Waals surface area contributed by atoms with Gasteiger partial charge in [0, 0.05) is 28.6 Å². The second-order valence-electron chi connectivity index (χ2n) is 6.52. The Labute approximate surface area is 164 Å². The number of aromatic nitrogens is 2. The predicted molar refractivity (Wildman–Crippen MR) is 106 cm³/mol. The van der Waals surface area contributed by atoms with E-state index in [4.69, 9.17) is 0 Å². The SMILES string of the molecule is O=C(/C=C/c1ccc(C(F)(F)F)cc1)NCc1nccc2c1[nH]c1ccccc12. The van der Waals surface area contributed by atoms with Crippen LogP contribution in [-0.4, -0.2) is 15.9 Å². The molecule has 0 saturated carbocycles. The van der Waals surface area contributed by atoms with Crippen molar-refractivity contribution < 1.29 is 18.0 Å². The first kappa shape index (κ1) is 18.7. The molecular formula is C22H16F3N3O. The van der Waals surface area contributed by atoms with E-state index in [-0.39, 0.29) is 12.5 Å². The Morgan fingerprint density at radius 1 is 1.03 bits per heavy atom. The molecule has 0 radical (unpaired) electrons. The highest BCUT2D eigenvalue weighted by molar-refractivity contribution is 6.07. The molecule has 0 spiro atoms. The molecule has 2 heterocycles. The minimum absolute atomic E-state index is 0.223. The van der Waals surface area contributed by atoms with Crippen LogP contribution >= 0.6 is 0 Å². The van der Waals surface area contributed by atoms with Gasteiger partial charge < -0.3 is 10.3 Å². The van der Waals surface area contributed by atoms with Crippen molar-refractivity contribution in [3.05, 3.63) is 83.7 Å². The number of alkyl halides is 3. The molecule has 1 amide bonds. The van der Waals surface area contributed by atoms with Crippen molar-refractivity contribution in [3.8, 4) is 0 Å². The number of nitrogens with one attached hydrogen (secondary N) is 2. The summed E-state index contributed by atoms with van der Waals surface area (Å²) in [6, 6.07) is 14.4. The van der Waals surface area contributed by atoms with Gasteiger partial charge in [-0.25, -0.2) is 0 Å². The van der Waals surface area contributed by atoms with Gasteiger partial charge in [-0.3, -0.25) is 9.78 Å². The lowest BCUT2D eigenvalue weighted by atomic mass is 10.1. The standard InChI is InChI=1S/C22H16F3N3O/c23-22(24,25)15-8-5-14(6-9-15)7-10-20(29)27-13-19-21-17(11-12-26-19)16-3-1-2-4-18(16)28-21/h1-12,28H,13H2,(H,27,29)/b10-7+. The third kappa shape index (κ3) is 3.99. The van der Waals surface area contributed by atoms with Gasteiger partial charge in [0.15, 0.2) is 0 Å². The van der Waals surface area contributed by atoms with Gasteiger partial charge in [0.25, 0.3) is 0 Å². The summed E-state index contributed by atoms with van der Waals surface area (Å²) in [5.41, 5.74) is 2.33. The van der Waals surface area contributed by atoms with Crippen molar-refractivity contribution in [2.24, 2.45) is 0 Å². The van der Waals surface area contributed by atoms with Crippen LogP contribution in [0.15, 0.2) is 66.9 Å². The fourth-order valence-corrected chi connectivity index (χ4v) is 3.15. The summed E-state index contributed by atoms with van der Waals surface area (Å²) in [6.45, 7) is 0.223. The fraction of sp³-hybridized carbons (Fsp3) is 0.0909. The van der Waals surface area contributed by atoms with E-state index in [1.165, 1.54) is 24.3 Å². The molecule has 0 aliphatic rings. The van der Waals surface area contributed by atoms with Crippen LogP contribution in [0.3, 0.4) is 0 Å². The van der Waals surface area contributed by atoms with E-state index >= 15 is 0 Å². The summed E-state index contributed by atoms with van der Waals surface area (Å²) >= 11 is 0. The summed E-state index contributed by atoms with van der Waals surface area (Å²) < 4.78 is 37.8. The Morgan fingerprint density at radius 2 is 1.79 bits per heavy atom. The van der Waals surface area contributed by atoms with Crippen LogP contribution in [0.4, 0.5) is 13.2 Å². The molecule has 29 heavy (non-hydrogen) atoms. The van der Waals surface area contributed by atoms with Crippen LogP contribution in [0.5, 0.6) is 0 Å². The number of fused-ring (bicyclic) bond motifs is 3. The van der Waals surface area contributed by atoms with Crippen LogP contribution < -0.4 is 5.32 Å². The van der Waals surface area contributed by atoms with Gasteiger partial charge in [-0.1, -0.05) is 30.3 Å². The summed E-state index contributed by atoms with van der Waals surface area (Å²) in [4.78, 5) is 19.8. The number of rotatable bonds is 4. The third-order valence-corrected chi connectivity index (χ3v) is 4.60. The monoisotopic (exact) mass is 395 g/mol. The molecule has 0 saturated heterocycles. The lowest BCUT2D eigenvalue weighted by molar-refractivity contribution is -0.137. The molecule has 2 aromatic heterocycles. The van der Waals surface area contributed by atoms with Gasteiger partial charge in [-0.05, 0) is 35.9 Å². The zero-order valence-electron chi connectivity index (χ0n) is 15.1. The highest BCUT2D eigenvalue weighted by Crippen LogP contribution is 2.29. The number of nitrogens with zero attached hydrogens (tertiary/aromatic N) is 1. The van der Waals surface area contributed by atoms with E-state index in [0.717, 1.165) is 33.9 Å². The van der Waals surface area contributed by atoms with Crippen LogP contribution in [-0.2, 0) is 17.5 Å². The zero-order chi connectivity index (χ0) is 20.4. The fourth-order valence-electron chi connectivity index (χ4n) is 3.15. The topological polar surface area (TPSA) is 57.8 Å². The molecule has 2 N–H and O–H groups in total. The molecular weight excluding hydrogens is 379 g/mol. The lowest BCUT2D eigenvalue weighted by Gasteiger charge is -2.06. The van der Waals surface area contributed by atoms with Gasteiger partial charge in [0.1, 0.15) is 0 Å². The van der Waals surface area contributed by atoms with Gasteiger partial charge in [-0.15, -0.1) is 0 Å². The number of amides is 1. The molecule has 4 nitrogen and oxygen atoms in total. The number of H-pyrrole nitrogens is 1. The molecule has 0 atom stereocenters. The molecule has 4 rings (SSSR count). The van der Waals surface area contributed by atoms with Gasteiger partial charge in [-0.2, -0.15) is 13.2 Å². The van der Waals surface area contributed by atoms with E-state index in [0.29, 0.717) is 11.3 Å². The average molecular weight is 395 g/mol. The minimum atomic E-state index is -4.38. The van der Waals surface area contributed by atoms with E-state index in [9.17, 15) is 18.0 Å². The van der Waals surface area contributed by atoms with Crippen molar-refractivity contribution in [2.75, 3.05) is 0 Å². The molecule has 0 aliphatic heterocycles. The van der Waals surface area contributed by atoms with Gasteiger partial charge in [0.05, 0.1) is 23.3 Å². The summed E-state index contributed by atoms with van der Waals surface area (Å²) in [5, 5.41) is 4.86. The number of para-hydroxylation sites is 1. The van der Waals surface area contributed by atoms with Crippen molar-refractivity contribution in [1.29, 1.82) is 0 Å². The Hall–Kier alpha value is -3.61. The maximum atomic E-state index is 12.6. The maximum absolute atomic E-state index is 12.6. The molecule has 0 fully saturated rings. The number of hydrogen-bond donors (Lipinski definition) is 2. The largest absolute Gasteiger partial charge is 0.416 e. The van der Waals surface area contributed by atoms with E-state index < -0.39 is 11.7 Å². The normalized spacial score (nSPS) is 12.1. The van der Waals surface area contributed by atoms with Crippen molar-refractivity contribution in [3.63, 3.8) is 0 Å². The van der Waals surface area contributed by atoms with Crippen molar-refractivity contribution in [2.45, 2.75) is 12.7 Å². The quantitative estimate of drug-likeness (QED) is 0.474. The molecule has 0 bridgehead atoms. The molecule has 2 aromatic carbocycles. The molecule has 7 heteroatoms. The predicted octanol–water partition coefficient (Wildman–Crippen LogP) is 5.06. The zero-order valence-corrected chi connectivity index (χ0v) is 15.1. The summed E-state index contributed by atoms with van der Waals surface area (Å²) in [6.07, 6.45) is 0.0682. The van der Waals surface area contributed by atoms with Gasteiger partial charge >= 0.3 is 6.18 Å². The van der Waals surface area contributed by atoms with Crippen molar-refractivity contribution in [1.82, 2.24) is 15.3 Å². The lowest BCUT2D eigenvalue weighted by Crippen LogP contribution is -2.21. The second-order valence-corrected chi connectivity index (χ2v) is 6.52. The van der Waals surface area contributed by atoms with Crippen LogP contribution in [0.2, 0.25) is 0 Å². The molecule has 0 aliphatic carbocycles. The number of aromatic amines is 1. The number of hydrogen-bond acceptors (Lipinski definition) is 2. The Balaban J connectivity index is 1.45. The molecule has 4 aromatic rings. The number of carbonyl (C=O) groups is 1. The van der Waals surface area contributed by atoms with Crippen LogP contribution in [0, 0.1) is 0 Å². The summed E-state index contributed by atoms with van der Waals surface area (Å²) in [7, 11) is 0. The van der Waals surface area contributed by atoms with Crippen molar-refractivity contribution >= 4 is 33.8 Å². The second kappa shape index (κ2) is 7.43. The molecule has 0 unspecified atom stereocenters. The maximum Gasteiger partial charge on any atom is 0.416 e. The van der Waals surface area contributed by atoms with Gasteiger partial charge in [0.2, 0.25) is 5.91 Å². The van der Waals surface area contributed by atoms with Crippen LogP contribution in [0.25, 0.3) is 27.9 Å². The minimum Gasteiger partial charge on any atom is -0.353 e. The highest BCUT2D eigenvalue weighted by Gasteiger charge is 2.29. The Bertz CT molecular complexity index is 1210. The Kier molecular flexibility index (Phi) is 4.80. The van der Waals surface area contributed by atoms with E-state index in [2.05, 4.69) is 15.3 Å². The first-order valence-electron chi connectivity index (χ1n) is 8.89. The average Bonchev–Trinajstić information content (AvgIpc) is 3.10. The first-order chi connectivity index (χ1) is 13.9. The highest BCUT2D eigenvalue weighted by atomic mass is 19.4. The van der Waals surface area contributed by atoms with Crippen LogP contribution in [0.1, 0.15) is 16.8 Å². The summed E-state index contributed by atoms with van der Waals surface area (Å²) in [5.74, 6) is -0.361. The third-order valence-electron chi connectivity index (χ3n) is 4.60. The number of carbonyl (C=O) groups excluding carboxylic acids is 1. The number of pyridine rings is 1. The first-order valence-corrected chi connectivity index (χ1v) is 8.89. The Morgan fingerprint density at radius 3 is 2.55 bits per heavy atom. The number of benzene rings is 2. The smallest absolute Gasteiger partial charge is 0.353 e. The number of halogens is 3. The molecule has 146 valence electrons. The van der Waals surface area contributed by atoms with E-state index in [1.807, 2.05) is 30.3 Å².